The van der Waals surface area contributed by atoms with Crippen LogP contribution in [0.25, 0.3) is 0 Å². The predicted octanol–water partition coefficient (Wildman–Crippen LogP) is 3.11. The first-order valence-electron chi connectivity index (χ1n) is 7.46. The smallest absolute Gasteiger partial charge is 0.315 e. The topological polar surface area (TPSA) is 54.0 Å². The van der Waals surface area contributed by atoms with Gasteiger partial charge < -0.3 is 18.9 Å². The average Bonchev–Trinajstić information content (AvgIpc) is 3.02. The zero-order valence-electron chi connectivity index (χ0n) is 12.9. The second-order valence-electron chi connectivity index (χ2n) is 5.70. The Bertz CT molecular complexity index is 766. The van der Waals surface area contributed by atoms with Crippen LogP contribution < -0.4 is 18.9 Å². The van der Waals surface area contributed by atoms with Crippen LogP contribution in [0.2, 0.25) is 0 Å². The zero-order valence-corrected chi connectivity index (χ0v) is 12.9. The molecule has 2 heterocycles. The molecule has 0 N–H and O–H groups in total. The van der Waals surface area contributed by atoms with Gasteiger partial charge in [0.1, 0.15) is 11.5 Å². The third kappa shape index (κ3) is 2.20. The molecule has 0 spiro atoms. The van der Waals surface area contributed by atoms with Crippen molar-refractivity contribution in [2.24, 2.45) is 5.92 Å². The van der Waals surface area contributed by atoms with Crippen molar-refractivity contribution in [3.63, 3.8) is 0 Å². The third-order valence-corrected chi connectivity index (χ3v) is 4.40. The first-order valence-corrected chi connectivity index (χ1v) is 7.46. The van der Waals surface area contributed by atoms with Crippen LogP contribution in [0.15, 0.2) is 36.4 Å². The van der Waals surface area contributed by atoms with Crippen molar-refractivity contribution >= 4 is 5.97 Å². The minimum absolute atomic E-state index is 0.0911. The maximum Gasteiger partial charge on any atom is 0.315 e. The van der Waals surface area contributed by atoms with E-state index in [1.54, 1.807) is 13.2 Å². The van der Waals surface area contributed by atoms with E-state index in [4.69, 9.17) is 18.9 Å². The first-order chi connectivity index (χ1) is 11.2. The van der Waals surface area contributed by atoms with Crippen LogP contribution in [-0.4, -0.2) is 19.9 Å². The summed E-state index contributed by atoms with van der Waals surface area (Å²) in [6.07, 6.45) is 0. The summed E-state index contributed by atoms with van der Waals surface area (Å²) in [7, 11) is 1.63. The number of benzene rings is 2. The van der Waals surface area contributed by atoms with E-state index in [0.717, 1.165) is 16.9 Å². The van der Waals surface area contributed by atoms with Gasteiger partial charge in [-0.2, -0.15) is 0 Å². The maximum atomic E-state index is 12.2. The van der Waals surface area contributed by atoms with Crippen molar-refractivity contribution in [1.82, 2.24) is 0 Å². The first kappa shape index (κ1) is 13.9. The molecule has 5 heteroatoms. The van der Waals surface area contributed by atoms with Gasteiger partial charge in [-0.25, -0.2) is 0 Å². The number of hydrogen-bond donors (Lipinski definition) is 0. The molecule has 23 heavy (non-hydrogen) atoms. The second-order valence-corrected chi connectivity index (χ2v) is 5.70. The summed E-state index contributed by atoms with van der Waals surface area (Å²) in [6, 6.07) is 11.4. The highest BCUT2D eigenvalue weighted by molar-refractivity contribution is 5.80. The number of esters is 1. The van der Waals surface area contributed by atoms with E-state index < -0.39 is 0 Å². The maximum absolute atomic E-state index is 12.2. The summed E-state index contributed by atoms with van der Waals surface area (Å²) in [5.41, 5.74) is 1.97. The fourth-order valence-corrected chi connectivity index (χ4v) is 3.16. The predicted molar refractivity (Wildman–Crippen MR) is 82.2 cm³/mol. The molecule has 0 radical (unpaired) electrons. The molecule has 0 bridgehead atoms. The minimum Gasteiger partial charge on any atom is -0.497 e. The van der Waals surface area contributed by atoms with Crippen LogP contribution in [-0.2, 0) is 4.79 Å². The molecule has 0 fully saturated rings. The van der Waals surface area contributed by atoms with E-state index in [0.29, 0.717) is 17.2 Å². The summed E-state index contributed by atoms with van der Waals surface area (Å²) >= 11 is 0. The van der Waals surface area contributed by atoms with Crippen LogP contribution in [0, 0.1) is 5.92 Å². The summed E-state index contributed by atoms with van der Waals surface area (Å²) in [5, 5.41) is 0. The number of methoxy groups -OCH3 is 1. The Morgan fingerprint density at radius 1 is 1.04 bits per heavy atom. The van der Waals surface area contributed by atoms with Crippen molar-refractivity contribution in [3.05, 3.63) is 47.5 Å². The normalized spacial score (nSPS) is 21.6. The number of ether oxygens (including phenoxy) is 4. The number of hydrogen-bond acceptors (Lipinski definition) is 5. The highest BCUT2D eigenvalue weighted by atomic mass is 16.7. The van der Waals surface area contributed by atoms with Gasteiger partial charge in [-0.1, -0.05) is 19.1 Å². The monoisotopic (exact) mass is 312 g/mol. The highest BCUT2D eigenvalue weighted by Gasteiger charge is 2.37. The van der Waals surface area contributed by atoms with E-state index in [1.165, 1.54) is 0 Å². The van der Waals surface area contributed by atoms with Gasteiger partial charge in [0.15, 0.2) is 11.5 Å². The Morgan fingerprint density at radius 2 is 1.74 bits per heavy atom. The molecule has 2 atom stereocenters. The molecule has 4 rings (SSSR count). The second kappa shape index (κ2) is 5.19. The van der Waals surface area contributed by atoms with E-state index in [-0.39, 0.29) is 24.6 Å². The quantitative estimate of drug-likeness (QED) is 0.630. The molecule has 0 amide bonds. The number of fused-ring (bicyclic) bond motifs is 2. The molecule has 0 aromatic heterocycles. The highest BCUT2D eigenvalue weighted by Crippen LogP contribution is 2.47. The molecule has 0 saturated heterocycles. The van der Waals surface area contributed by atoms with Crippen LogP contribution in [0.3, 0.4) is 0 Å². The van der Waals surface area contributed by atoms with E-state index in [1.807, 2.05) is 37.3 Å². The molecule has 2 aromatic rings. The number of carbonyl (C=O) groups excluding carboxylic acids is 1. The summed E-state index contributed by atoms with van der Waals surface area (Å²) in [6.45, 7) is 2.07. The van der Waals surface area contributed by atoms with Crippen LogP contribution in [0.1, 0.15) is 24.0 Å². The lowest BCUT2D eigenvalue weighted by molar-refractivity contribution is -0.140. The summed E-state index contributed by atoms with van der Waals surface area (Å²) < 4.78 is 21.5. The zero-order chi connectivity index (χ0) is 16.0. The largest absolute Gasteiger partial charge is 0.497 e. The van der Waals surface area contributed by atoms with E-state index >= 15 is 0 Å². The van der Waals surface area contributed by atoms with Crippen LogP contribution in [0.4, 0.5) is 0 Å². The average molecular weight is 312 g/mol. The summed E-state index contributed by atoms with van der Waals surface area (Å²) in [4.78, 5) is 12.2. The van der Waals surface area contributed by atoms with Gasteiger partial charge in [0.25, 0.3) is 0 Å². The molecule has 118 valence electrons. The Balaban J connectivity index is 1.83. The summed E-state index contributed by atoms with van der Waals surface area (Å²) in [5.74, 6) is 2.01. The van der Waals surface area contributed by atoms with Gasteiger partial charge in [0.05, 0.1) is 13.0 Å². The van der Waals surface area contributed by atoms with Crippen molar-refractivity contribution in [1.29, 1.82) is 0 Å². The Labute approximate surface area is 133 Å². The number of carbonyl (C=O) groups is 1. The van der Waals surface area contributed by atoms with Gasteiger partial charge in [-0.3, -0.25) is 4.79 Å². The molecule has 2 aliphatic heterocycles. The minimum atomic E-state index is -0.281. The van der Waals surface area contributed by atoms with Gasteiger partial charge in [0, 0.05) is 17.5 Å². The van der Waals surface area contributed by atoms with E-state index in [9.17, 15) is 4.79 Å². The lowest BCUT2D eigenvalue weighted by Gasteiger charge is -2.30. The fourth-order valence-electron chi connectivity index (χ4n) is 3.16. The lowest BCUT2D eigenvalue weighted by Crippen LogP contribution is -2.30. The van der Waals surface area contributed by atoms with Crippen molar-refractivity contribution in [2.45, 2.75) is 12.8 Å². The fraction of sp³-hybridized carbons (Fsp3) is 0.278. The molecular formula is C18H16O5. The van der Waals surface area contributed by atoms with Gasteiger partial charge in [0.2, 0.25) is 6.79 Å². The molecule has 0 unspecified atom stereocenters. The van der Waals surface area contributed by atoms with Crippen molar-refractivity contribution in [2.75, 3.05) is 13.9 Å². The SMILES string of the molecule is COc1ccc([C@@H]2c3cc4c(cc3OC(=O)[C@H]2C)OCO4)cc1. The molecular weight excluding hydrogens is 296 g/mol. The van der Waals surface area contributed by atoms with Gasteiger partial charge in [-0.15, -0.1) is 0 Å². The Hall–Kier alpha value is -2.69. The lowest BCUT2D eigenvalue weighted by atomic mass is 9.79. The van der Waals surface area contributed by atoms with Crippen molar-refractivity contribution < 1.29 is 23.7 Å². The molecule has 2 aliphatic rings. The number of rotatable bonds is 2. The van der Waals surface area contributed by atoms with Crippen LogP contribution >= 0.6 is 0 Å². The standard InChI is InChI=1S/C18H16O5/c1-10-17(11-3-5-12(20-2)6-4-11)13-7-15-16(22-9-21-15)8-14(13)23-18(10)19/h3-8,10,17H,9H2,1-2H3/t10-,17+/m0/s1. The van der Waals surface area contributed by atoms with Gasteiger partial charge >= 0.3 is 5.97 Å². The Kier molecular flexibility index (Phi) is 3.15. The van der Waals surface area contributed by atoms with E-state index in [2.05, 4.69) is 0 Å². The van der Waals surface area contributed by atoms with Gasteiger partial charge in [-0.05, 0) is 23.8 Å². The Morgan fingerprint density at radius 3 is 2.43 bits per heavy atom. The molecule has 0 saturated carbocycles. The molecule has 5 nitrogen and oxygen atoms in total. The van der Waals surface area contributed by atoms with Crippen LogP contribution in [0.5, 0.6) is 23.0 Å². The molecule has 0 aliphatic carbocycles. The van der Waals surface area contributed by atoms with Crippen molar-refractivity contribution in [3.8, 4) is 23.0 Å². The third-order valence-electron chi connectivity index (χ3n) is 4.40. The molecule has 2 aromatic carbocycles.